The van der Waals surface area contributed by atoms with Crippen LogP contribution in [0.5, 0.6) is 0 Å². The average Bonchev–Trinajstić information content (AvgIpc) is 3.39. The molecule has 1 N–H and O–H groups in total. The third-order valence-electron chi connectivity index (χ3n) is 5.68. The number of aryl methyl sites for hydroxylation is 3. The van der Waals surface area contributed by atoms with Gasteiger partial charge in [-0.3, -0.25) is 4.79 Å². The monoisotopic (exact) mass is 397 g/mol. The van der Waals surface area contributed by atoms with E-state index < -0.39 is 6.10 Å². The summed E-state index contributed by atoms with van der Waals surface area (Å²) in [4.78, 5) is 12.6. The molecule has 0 radical (unpaired) electrons. The van der Waals surface area contributed by atoms with E-state index >= 15 is 0 Å². The highest BCUT2D eigenvalue weighted by Crippen LogP contribution is 2.39. The quantitative estimate of drug-likeness (QED) is 0.658. The van der Waals surface area contributed by atoms with Gasteiger partial charge in [0, 0.05) is 25.3 Å². The van der Waals surface area contributed by atoms with Crippen LogP contribution in [-0.2, 0) is 17.6 Å². The van der Waals surface area contributed by atoms with E-state index in [4.69, 9.17) is 0 Å². The summed E-state index contributed by atoms with van der Waals surface area (Å²) in [6.45, 7) is 10.7. The zero-order chi connectivity index (χ0) is 21.2. The number of nitrogens with zero attached hydrogens (tertiary/aromatic N) is 3. The van der Waals surface area contributed by atoms with Crippen molar-refractivity contribution in [2.24, 2.45) is 5.41 Å². The minimum Gasteiger partial charge on any atom is -0.385 e. The van der Waals surface area contributed by atoms with Gasteiger partial charge < -0.3 is 9.67 Å². The first kappa shape index (κ1) is 21.7. The zero-order valence-electron chi connectivity index (χ0n) is 18.5. The number of aromatic nitrogens is 3. The summed E-state index contributed by atoms with van der Waals surface area (Å²) in [5.74, 6) is 1.73. The molecule has 2 aromatic rings. The summed E-state index contributed by atoms with van der Waals surface area (Å²) >= 11 is 0. The van der Waals surface area contributed by atoms with Crippen molar-refractivity contribution in [3.05, 3.63) is 46.5 Å². The van der Waals surface area contributed by atoms with Gasteiger partial charge in [-0.2, -0.15) is 0 Å². The van der Waals surface area contributed by atoms with Crippen LogP contribution in [-0.4, -0.2) is 25.7 Å². The normalized spacial score (nSPS) is 15.5. The standard InChI is InChI=1S/C24H35N3O2/c1-16-6-7-18(17(2)14-16)15-20(28)10-11-22-25-26-23(27(22)19-8-9-19)21(29)12-13-24(3,4)5/h6-7,14,19,21,29H,8-13,15H2,1-5H3. The Morgan fingerprint density at radius 1 is 1.24 bits per heavy atom. The van der Waals surface area contributed by atoms with Crippen LogP contribution in [0.15, 0.2) is 18.2 Å². The van der Waals surface area contributed by atoms with Crippen LogP contribution in [0.1, 0.15) is 93.4 Å². The molecule has 0 bridgehead atoms. The molecule has 0 saturated heterocycles. The maximum atomic E-state index is 12.6. The smallest absolute Gasteiger partial charge is 0.162 e. The molecule has 5 heteroatoms. The third kappa shape index (κ3) is 5.99. The van der Waals surface area contributed by atoms with Gasteiger partial charge in [0.2, 0.25) is 0 Å². The molecule has 1 saturated carbocycles. The molecule has 29 heavy (non-hydrogen) atoms. The molecule has 1 aliphatic rings. The summed E-state index contributed by atoms with van der Waals surface area (Å²) in [5, 5.41) is 19.4. The van der Waals surface area contributed by atoms with Gasteiger partial charge in [0.1, 0.15) is 17.7 Å². The Hall–Kier alpha value is -2.01. The van der Waals surface area contributed by atoms with E-state index in [0.717, 1.165) is 30.7 Å². The molecule has 0 amide bonds. The third-order valence-corrected chi connectivity index (χ3v) is 5.68. The van der Waals surface area contributed by atoms with Crippen LogP contribution in [0, 0.1) is 19.3 Å². The van der Waals surface area contributed by atoms with Crippen LogP contribution in [0.2, 0.25) is 0 Å². The predicted molar refractivity (Wildman–Crippen MR) is 115 cm³/mol. The van der Waals surface area contributed by atoms with Crippen molar-refractivity contribution in [1.29, 1.82) is 0 Å². The van der Waals surface area contributed by atoms with Crippen LogP contribution >= 0.6 is 0 Å². The zero-order valence-corrected chi connectivity index (χ0v) is 18.5. The van der Waals surface area contributed by atoms with E-state index in [9.17, 15) is 9.90 Å². The second kappa shape index (κ2) is 8.78. The number of aliphatic hydroxyl groups is 1. The van der Waals surface area contributed by atoms with Gasteiger partial charge in [-0.1, -0.05) is 44.5 Å². The minimum atomic E-state index is -0.595. The van der Waals surface area contributed by atoms with E-state index in [1.807, 2.05) is 0 Å². The van der Waals surface area contributed by atoms with E-state index in [2.05, 4.69) is 67.6 Å². The summed E-state index contributed by atoms with van der Waals surface area (Å²) in [6, 6.07) is 6.62. The first-order chi connectivity index (χ1) is 13.6. The van der Waals surface area contributed by atoms with Crippen molar-refractivity contribution in [1.82, 2.24) is 14.8 Å². The SMILES string of the molecule is Cc1ccc(CC(=O)CCc2nnc(C(O)CCC(C)(C)C)n2C2CC2)c(C)c1. The predicted octanol–water partition coefficient (Wildman–Crippen LogP) is 4.83. The van der Waals surface area contributed by atoms with Crippen LogP contribution in [0.3, 0.4) is 0 Å². The van der Waals surface area contributed by atoms with Gasteiger partial charge in [-0.15, -0.1) is 10.2 Å². The summed E-state index contributed by atoms with van der Waals surface area (Å²) in [5.41, 5.74) is 3.66. The fourth-order valence-electron chi connectivity index (χ4n) is 3.76. The topological polar surface area (TPSA) is 68.0 Å². The lowest BCUT2D eigenvalue weighted by Gasteiger charge is -2.20. The van der Waals surface area contributed by atoms with Gasteiger partial charge >= 0.3 is 0 Å². The molecule has 1 aromatic carbocycles. The number of carbonyl (C=O) groups excluding carboxylic acids is 1. The molecule has 1 aliphatic carbocycles. The first-order valence-corrected chi connectivity index (χ1v) is 10.8. The highest BCUT2D eigenvalue weighted by atomic mass is 16.3. The number of aliphatic hydroxyl groups excluding tert-OH is 1. The highest BCUT2D eigenvalue weighted by molar-refractivity contribution is 5.81. The number of hydrogen-bond donors (Lipinski definition) is 1. The van der Waals surface area contributed by atoms with Gasteiger partial charge in [0.05, 0.1) is 0 Å². The fourth-order valence-corrected chi connectivity index (χ4v) is 3.76. The highest BCUT2D eigenvalue weighted by Gasteiger charge is 2.32. The molecule has 3 rings (SSSR count). The summed E-state index contributed by atoms with van der Waals surface area (Å²) in [6.07, 6.45) is 4.71. The molecule has 1 fully saturated rings. The molecule has 1 aromatic heterocycles. The number of carbonyl (C=O) groups is 1. The summed E-state index contributed by atoms with van der Waals surface area (Å²) in [7, 11) is 0. The van der Waals surface area contributed by atoms with E-state index in [1.165, 1.54) is 11.1 Å². The van der Waals surface area contributed by atoms with E-state index in [0.29, 0.717) is 37.5 Å². The molecule has 1 atom stereocenters. The molecule has 0 aliphatic heterocycles. The molecule has 1 heterocycles. The van der Waals surface area contributed by atoms with Crippen LogP contribution in [0.25, 0.3) is 0 Å². The number of benzene rings is 1. The van der Waals surface area contributed by atoms with E-state index in [1.54, 1.807) is 0 Å². The van der Waals surface area contributed by atoms with Crippen molar-refractivity contribution >= 4 is 5.78 Å². The van der Waals surface area contributed by atoms with Crippen LogP contribution < -0.4 is 0 Å². The molecular weight excluding hydrogens is 362 g/mol. The largest absolute Gasteiger partial charge is 0.385 e. The number of rotatable bonds is 9. The van der Waals surface area contributed by atoms with Gasteiger partial charge in [-0.05, 0) is 56.1 Å². The second-order valence-electron chi connectivity index (χ2n) is 9.84. The van der Waals surface area contributed by atoms with Crippen molar-refractivity contribution in [2.45, 2.75) is 91.7 Å². The molecule has 5 nitrogen and oxygen atoms in total. The molecule has 158 valence electrons. The lowest BCUT2D eigenvalue weighted by molar-refractivity contribution is -0.118. The van der Waals surface area contributed by atoms with Crippen molar-refractivity contribution in [3.63, 3.8) is 0 Å². The molecular formula is C24H35N3O2. The van der Waals surface area contributed by atoms with Gasteiger partial charge in [0.25, 0.3) is 0 Å². The van der Waals surface area contributed by atoms with Gasteiger partial charge in [-0.25, -0.2) is 0 Å². The Morgan fingerprint density at radius 3 is 2.59 bits per heavy atom. The Balaban J connectivity index is 1.63. The maximum Gasteiger partial charge on any atom is 0.162 e. The van der Waals surface area contributed by atoms with Crippen LogP contribution in [0.4, 0.5) is 0 Å². The first-order valence-electron chi connectivity index (χ1n) is 10.8. The van der Waals surface area contributed by atoms with Crippen molar-refractivity contribution < 1.29 is 9.90 Å². The van der Waals surface area contributed by atoms with Crippen molar-refractivity contribution in [2.75, 3.05) is 0 Å². The Morgan fingerprint density at radius 2 is 1.97 bits per heavy atom. The van der Waals surface area contributed by atoms with Crippen molar-refractivity contribution in [3.8, 4) is 0 Å². The molecule has 1 unspecified atom stereocenters. The fraction of sp³-hybridized carbons (Fsp3) is 0.625. The maximum absolute atomic E-state index is 12.6. The second-order valence-corrected chi connectivity index (χ2v) is 9.84. The molecule has 0 spiro atoms. The number of hydrogen-bond acceptors (Lipinski definition) is 4. The lowest BCUT2D eigenvalue weighted by atomic mass is 9.89. The Labute approximate surface area is 174 Å². The van der Waals surface area contributed by atoms with E-state index in [-0.39, 0.29) is 11.2 Å². The number of Topliss-reactive ketones (excluding diaryl/α,β-unsaturated/α-hetero) is 1. The van der Waals surface area contributed by atoms with Gasteiger partial charge in [0.15, 0.2) is 5.82 Å². The average molecular weight is 398 g/mol. The number of ketones is 1. The Kier molecular flexibility index (Phi) is 6.57. The lowest BCUT2D eigenvalue weighted by Crippen LogP contribution is -2.14. The minimum absolute atomic E-state index is 0.175. The Bertz CT molecular complexity index is 859. The summed E-state index contributed by atoms with van der Waals surface area (Å²) < 4.78 is 2.11.